The van der Waals surface area contributed by atoms with Crippen molar-refractivity contribution >= 4 is 17.7 Å². The van der Waals surface area contributed by atoms with Gasteiger partial charge in [0.2, 0.25) is 5.91 Å². The molecule has 0 spiro atoms. The number of carbonyl (C=O) groups excluding carboxylic acids is 1. The third-order valence-corrected chi connectivity index (χ3v) is 5.25. The maximum Gasteiger partial charge on any atom is 0.251 e. The van der Waals surface area contributed by atoms with Crippen LogP contribution in [0.4, 0.5) is 0 Å². The molecule has 0 aromatic carbocycles. The normalized spacial score (nSPS) is 15.2. The van der Waals surface area contributed by atoms with Crippen molar-refractivity contribution < 1.29 is 4.79 Å². The molecular formula is C18H23N5O2S. The molecule has 0 unspecified atom stereocenters. The fourth-order valence-electron chi connectivity index (χ4n) is 2.89. The largest absolute Gasteiger partial charge is 0.339 e. The molecule has 1 amide bonds. The molecule has 1 aliphatic rings. The number of H-pyrrole nitrogens is 1. The van der Waals surface area contributed by atoms with Crippen LogP contribution in [0, 0.1) is 13.8 Å². The maximum absolute atomic E-state index is 12.4. The summed E-state index contributed by atoms with van der Waals surface area (Å²) in [4.78, 5) is 39.4. The van der Waals surface area contributed by atoms with Gasteiger partial charge in [0, 0.05) is 50.7 Å². The van der Waals surface area contributed by atoms with E-state index in [-0.39, 0.29) is 17.2 Å². The summed E-state index contributed by atoms with van der Waals surface area (Å²) in [6, 6.07) is 5.46. The Kier molecular flexibility index (Phi) is 6.05. The summed E-state index contributed by atoms with van der Waals surface area (Å²) in [6.45, 7) is 7.76. The molecule has 0 bridgehead atoms. The number of nitrogens with one attached hydrogen (secondary N) is 1. The van der Waals surface area contributed by atoms with E-state index in [1.165, 1.54) is 23.4 Å². The summed E-state index contributed by atoms with van der Waals surface area (Å²) >= 11 is 1.27. The highest BCUT2D eigenvalue weighted by atomic mass is 32.2. The Morgan fingerprint density at radius 1 is 1.27 bits per heavy atom. The van der Waals surface area contributed by atoms with Gasteiger partial charge < -0.3 is 9.88 Å². The van der Waals surface area contributed by atoms with E-state index < -0.39 is 0 Å². The van der Waals surface area contributed by atoms with Crippen LogP contribution in [-0.4, -0.2) is 62.6 Å². The summed E-state index contributed by atoms with van der Waals surface area (Å²) in [5.41, 5.74) is 2.76. The van der Waals surface area contributed by atoms with Crippen LogP contribution in [0.3, 0.4) is 0 Å². The average Bonchev–Trinajstić information content (AvgIpc) is 2.61. The highest BCUT2D eigenvalue weighted by molar-refractivity contribution is 7.99. The van der Waals surface area contributed by atoms with Crippen LogP contribution < -0.4 is 5.56 Å². The summed E-state index contributed by atoms with van der Waals surface area (Å²) in [7, 11) is 0. The lowest BCUT2D eigenvalue weighted by Gasteiger charge is -2.34. The van der Waals surface area contributed by atoms with Crippen molar-refractivity contribution in [2.45, 2.75) is 25.5 Å². The molecule has 1 aliphatic heterocycles. The van der Waals surface area contributed by atoms with E-state index in [1.807, 2.05) is 17.2 Å². The number of piperazine rings is 1. The van der Waals surface area contributed by atoms with Crippen molar-refractivity contribution in [3.63, 3.8) is 0 Å². The molecule has 0 radical (unpaired) electrons. The molecule has 0 saturated carbocycles. The van der Waals surface area contributed by atoms with Crippen LogP contribution in [-0.2, 0) is 11.3 Å². The molecule has 138 valence electrons. The van der Waals surface area contributed by atoms with Gasteiger partial charge in [0.1, 0.15) is 0 Å². The predicted octanol–water partition coefficient (Wildman–Crippen LogP) is 1.22. The Morgan fingerprint density at radius 2 is 2.04 bits per heavy atom. The molecule has 3 heterocycles. The van der Waals surface area contributed by atoms with Gasteiger partial charge >= 0.3 is 0 Å². The molecule has 1 N–H and O–H groups in total. The molecule has 1 saturated heterocycles. The summed E-state index contributed by atoms with van der Waals surface area (Å²) in [5.74, 6) is 0.360. The van der Waals surface area contributed by atoms with Crippen LogP contribution in [0.5, 0.6) is 0 Å². The van der Waals surface area contributed by atoms with Crippen molar-refractivity contribution in [1.29, 1.82) is 0 Å². The first-order valence-corrected chi connectivity index (χ1v) is 9.61. The van der Waals surface area contributed by atoms with Crippen LogP contribution in [0.25, 0.3) is 0 Å². The third kappa shape index (κ3) is 4.92. The minimum atomic E-state index is -0.189. The summed E-state index contributed by atoms with van der Waals surface area (Å²) < 4.78 is 0. The monoisotopic (exact) mass is 373 g/mol. The van der Waals surface area contributed by atoms with Gasteiger partial charge in [-0.2, -0.15) is 0 Å². The third-order valence-electron chi connectivity index (χ3n) is 4.40. The van der Waals surface area contributed by atoms with E-state index in [0.717, 1.165) is 25.3 Å². The number of amides is 1. The Bertz CT molecular complexity index is 830. The van der Waals surface area contributed by atoms with E-state index in [0.29, 0.717) is 23.9 Å². The lowest BCUT2D eigenvalue weighted by Crippen LogP contribution is -2.49. The average molecular weight is 373 g/mol. The van der Waals surface area contributed by atoms with Crippen molar-refractivity contribution in [2.24, 2.45) is 0 Å². The van der Waals surface area contributed by atoms with Crippen molar-refractivity contribution in [3.8, 4) is 0 Å². The smallest absolute Gasteiger partial charge is 0.251 e. The van der Waals surface area contributed by atoms with Gasteiger partial charge in [-0.15, -0.1) is 0 Å². The van der Waals surface area contributed by atoms with Gasteiger partial charge in [-0.3, -0.25) is 19.5 Å². The van der Waals surface area contributed by atoms with Gasteiger partial charge in [-0.1, -0.05) is 17.8 Å². The predicted molar refractivity (Wildman–Crippen MR) is 101 cm³/mol. The minimum absolute atomic E-state index is 0.0767. The number of carbonyl (C=O) groups is 1. The number of pyridine rings is 1. The van der Waals surface area contributed by atoms with E-state index in [9.17, 15) is 9.59 Å². The number of nitrogens with zero attached hydrogens (tertiary/aromatic N) is 4. The molecule has 2 aromatic rings. The van der Waals surface area contributed by atoms with Crippen molar-refractivity contribution in [1.82, 2.24) is 24.8 Å². The maximum atomic E-state index is 12.4. The number of hydrogen-bond donors (Lipinski definition) is 1. The van der Waals surface area contributed by atoms with Gasteiger partial charge in [0.15, 0.2) is 5.16 Å². The Morgan fingerprint density at radius 3 is 2.73 bits per heavy atom. The zero-order chi connectivity index (χ0) is 18.5. The second-order valence-electron chi connectivity index (χ2n) is 6.40. The van der Waals surface area contributed by atoms with Crippen molar-refractivity contribution in [3.05, 3.63) is 51.7 Å². The van der Waals surface area contributed by atoms with Crippen LogP contribution in [0.2, 0.25) is 0 Å². The number of hydrogen-bond acceptors (Lipinski definition) is 6. The fourth-order valence-corrected chi connectivity index (χ4v) is 3.72. The van der Waals surface area contributed by atoms with Gasteiger partial charge in [0.25, 0.3) is 5.56 Å². The molecule has 8 heteroatoms. The molecule has 7 nitrogen and oxygen atoms in total. The van der Waals surface area contributed by atoms with Crippen molar-refractivity contribution in [2.75, 3.05) is 31.9 Å². The first kappa shape index (κ1) is 18.6. The zero-order valence-corrected chi connectivity index (χ0v) is 15.9. The number of rotatable bonds is 5. The molecule has 3 rings (SSSR count). The molecule has 0 atom stereocenters. The van der Waals surface area contributed by atoms with E-state index in [4.69, 9.17) is 0 Å². The first-order valence-electron chi connectivity index (χ1n) is 8.62. The topological polar surface area (TPSA) is 82.2 Å². The van der Waals surface area contributed by atoms with Gasteiger partial charge in [-0.25, -0.2) is 4.98 Å². The zero-order valence-electron chi connectivity index (χ0n) is 15.1. The first-order chi connectivity index (χ1) is 12.5. The summed E-state index contributed by atoms with van der Waals surface area (Å²) in [5, 5.41) is 0.493. The number of aryl methyl sites for hydroxylation is 2. The number of aromatic amines is 1. The highest BCUT2D eigenvalue weighted by Crippen LogP contribution is 2.14. The molecule has 1 fully saturated rings. The van der Waals surface area contributed by atoms with Crippen LogP contribution >= 0.6 is 11.8 Å². The quantitative estimate of drug-likeness (QED) is 0.627. The Hall–Kier alpha value is -2.19. The second kappa shape index (κ2) is 8.46. The summed E-state index contributed by atoms with van der Waals surface area (Å²) in [6.07, 6.45) is 1.82. The lowest BCUT2D eigenvalue weighted by atomic mass is 10.2. The number of thioether (sulfide) groups is 1. The Balaban J connectivity index is 1.47. The number of aromatic nitrogens is 3. The SMILES string of the molecule is Cc1cc(=O)[nH]c(SCC(=O)N2CCN(Cc3ncccc3C)CC2)n1. The highest BCUT2D eigenvalue weighted by Gasteiger charge is 2.22. The van der Waals surface area contributed by atoms with Crippen LogP contribution in [0.15, 0.2) is 34.3 Å². The van der Waals surface area contributed by atoms with E-state index in [1.54, 1.807) is 6.92 Å². The van der Waals surface area contributed by atoms with Crippen LogP contribution in [0.1, 0.15) is 17.0 Å². The van der Waals surface area contributed by atoms with Gasteiger partial charge in [0.05, 0.1) is 11.4 Å². The second-order valence-corrected chi connectivity index (χ2v) is 7.37. The molecular weight excluding hydrogens is 350 g/mol. The standard InChI is InChI=1S/C18H23N5O2S/c1-13-4-3-5-19-15(13)11-22-6-8-23(9-7-22)17(25)12-26-18-20-14(2)10-16(24)21-18/h3-5,10H,6-9,11-12H2,1-2H3,(H,20,21,24). The molecule has 2 aromatic heterocycles. The lowest BCUT2D eigenvalue weighted by molar-refractivity contribution is -0.130. The Labute approximate surface area is 156 Å². The minimum Gasteiger partial charge on any atom is -0.339 e. The van der Waals surface area contributed by atoms with E-state index in [2.05, 4.69) is 32.8 Å². The van der Waals surface area contributed by atoms with E-state index >= 15 is 0 Å². The molecule has 0 aliphatic carbocycles. The fraction of sp³-hybridized carbons (Fsp3) is 0.444. The molecule has 26 heavy (non-hydrogen) atoms. The van der Waals surface area contributed by atoms with Gasteiger partial charge in [-0.05, 0) is 25.5 Å².